The minimum Gasteiger partial charge on any atom is -0.396 e. The molecule has 9 aliphatic carbocycles. The summed E-state index contributed by atoms with van der Waals surface area (Å²) in [5.41, 5.74) is 25.7. The number of rotatable bonds is 27. The summed E-state index contributed by atoms with van der Waals surface area (Å²) < 4.78 is 19.5. The Hall–Kier alpha value is -8.60. The Morgan fingerprint density at radius 2 is 0.435 bits per heavy atom. The molecule has 1 N–H and O–H groups in total. The Labute approximate surface area is 897 Å². The summed E-state index contributed by atoms with van der Waals surface area (Å²) in [7, 11) is -0.209. The molecule has 0 spiro atoms. The molecule has 9 aliphatic rings. The normalized spacial score (nSPS) is 17.9. The first-order valence-corrected chi connectivity index (χ1v) is 62.9. The minimum absolute atomic E-state index is 0.0146. The summed E-state index contributed by atoms with van der Waals surface area (Å²) >= 11 is 0. The standard InChI is InChI=1S/C27H33O3S.3C25H38.C20H17OS.C18H15S/c1-4-28-19-22-7-13-25(14-8-22)31(26-15-9-23(10-16-26)20-29-5-2)27-17-11-24(12-18-27)21-30-6-3;3*1-19-24(21-13-7-3-8-14-21)17-23(20-11-5-2-6-12-20)18-25(19)22-15-9-4-10-16-22;21-14-13-15-9-11-16(12-10-15)22-19-7-3-1-5-17(19)18-6-2-4-8-20(18)22;1-4-10-16(11-5-1)19(17-12-6-2-7-13-17)18-14-8-3-9-15-18/h7-18H,4-6,19-21H2,1-3H3;3*17-18,20-22H,2-16H2,1H3;1-12,21H,13-14H2;1-15H/q+1;;;;2*+1. The number of fused-ring (bicyclic) bond motifs is 3. The summed E-state index contributed by atoms with van der Waals surface area (Å²) in [6, 6.07) is 101. The van der Waals surface area contributed by atoms with Crippen LogP contribution in [-0.4, -0.2) is 31.5 Å². The molecule has 0 saturated heterocycles. The van der Waals surface area contributed by atoms with Crippen molar-refractivity contribution in [2.75, 3.05) is 26.4 Å². The van der Waals surface area contributed by atoms with Crippen LogP contribution in [0.5, 0.6) is 0 Å². The zero-order chi connectivity index (χ0) is 101. The van der Waals surface area contributed by atoms with E-state index in [1.54, 1.807) is 66.8 Å². The van der Waals surface area contributed by atoms with Crippen molar-refractivity contribution in [1.29, 1.82) is 0 Å². The van der Waals surface area contributed by atoms with Crippen molar-refractivity contribution in [3.8, 4) is 4.90 Å². The predicted molar refractivity (Wildman–Crippen MR) is 631 cm³/mol. The van der Waals surface area contributed by atoms with Crippen molar-refractivity contribution in [1.82, 2.24) is 0 Å². The number of hydrogen-bond acceptors (Lipinski definition) is 4. The van der Waals surface area contributed by atoms with E-state index in [0.29, 0.717) is 19.8 Å². The van der Waals surface area contributed by atoms with Gasteiger partial charge in [0.1, 0.15) is 0 Å². The lowest BCUT2D eigenvalue weighted by molar-refractivity contribution is 0.134. The van der Waals surface area contributed by atoms with E-state index < -0.39 is 0 Å². The molecule has 12 aromatic carbocycles. The fraction of sp³-hybridized carbons (Fsp3) is 0.486. The molecule has 4 nitrogen and oxygen atoms in total. The lowest BCUT2D eigenvalue weighted by Crippen LogP contribution is -2.14. The van der Waals surface area contributed by atoms with Gasteiger partial charge in [-0.15, -0.1) is 0 Å². The van der Waals surface area contributed by atoms with E-state index in [4.69, 9.17) is 19.3 Å². The maximum absolute atomic E-state index is 9.06. The van der Waals surface area contributed by atoms with Crippen LogP contribution in [0.2, 0.25) is 0 Å². The molecule has 1 heterocycles. The van der Waals surface area contributed by atoms with Crippen LogP contribution in [0.15, 0.2) is 302 Å². The van der Waals surface area contributed by atoms with Gasteiger partial charge < -0.3 is 19.3 Å². The second-order valence-electron chi connectivity index (χ2n) is 44.8. The van der Waals surface area contributed by atoms with E-state index in [-0.39, 0.29) is 38.9 Å². The Morgan fingerprint density at radius 3 is 0.660 bits per heavy atom. The molecule has 9 saturated carbocycles. The number of thiophene rings is 1. The molecule has 13 aromatic rings. The van der Waals surface area contributed by atoms with Crippen LogP contribution in [0.3, 0.4) is 0 Å². The van der Waals surface area contributed by atoms with Gasteiger partial charge in [0.15, 0.2) is 43.7 Å². The van der Waals surface area contributed by atoms with Crippen LogP contribution in [0.1, 0.15) is 452 Å². The first-order valence-electron chi connectivity index (χ1n) is 59.3. The van der Waals surface area contributed by atoms with Crippen LogP contribution in [0.25, 0.3) is 25.1 Å². The maximum atomic E-state index is 9.06. The topological polar surface area (TPSA) is 47.9 Å². The monoisotopic (exact) mass is 2020 g/mol. The zero-order valence-corrected chi connectivity index (χ0v) is 93.5. The van der Waals surface area contributed by atoms with E-state index in [1.165, 1.54) is 366 Å². The molecule has 0 atom stereocenters. The van der Waals surface area contributed by atoms with Crippen molar-refractivity contribution in [2.24, 2.45) is 0 Å². The number of hydrogen-bond donors (Lipinski definition) is 1. The summed E-state index contributed by atoms with van der Waals surface area (Å²) in [4.78, 5) is 9.33. The molecule has 22 rings (SSSR count). The van der Waals surface area contributed by atoms with Gasteiger partial charge in [-0.2, -0.15) is 0 Å². The molecule has 147 heavy (non-hydrogen) atoms. The van der Waals surface area contributed by atoms with E-state index in [0.717, 1.165) is 79.5 Å². The average Bonchev–Trinajstić information content (AvgIpc) is 1.59. The number of benzene rings is 12. The van der Waals surface area contributed by atoms with Gasteiger partial charge >= 0.3 is 0 Å². The summed E-state index contributed by atoms with van der Waals surface area (Å²) in [6.07, 6.45) is 66.1. The van der Waals surface area contributed by atoms with Crippen LogP contribution >= 0.6 is 10.5 Å². The zero-order valence-electron chi connectivity index (χ0n) is 91.1. The van der Waals surface area contributed by atoms with Crippen LogP contribution in [0, 0.1) is 20.8 Å². The van der Waals surface area contributed by atoms with Crippen molar-refractivity contribution in [2.45, 2.75) is 439 Å². The van der Waals surface area contributed by atoms with Gasteiger partial charge in [-0.05, 0) is 415 Å². The van der Waals surface area contributed by atoms with E-state index >= 15 is 0 Å². The van der Waals surface area contributed by atoms with Gasteiger partial charge in [0, 0.05) is 47.7 Å². The van der Waals surface area contributed by atoms with E-state index in [9.17, 15) is 0 Å². The Morgan fingerprint density at radius 1 is 0.231 bits per heavy atom. The molecule has 0 unspecified atom stereocenters. The van der Waals surface area contributed by atoms with Gasteiger partial charge in [-0.3, -0.25) is 0 Å². The fourth-order valence-electron chi connectivity index (χ4n) is 26.7. The highest BCUT2D eigenvalue weighted by atomic mass is 32.2. The molecule has 0 aliphatic heterocycles. The highest BCUT2D eigenvalue weighted by Gasteiger charge is 2.35. The van der Waals surface area contributed by atoms with Gasteiger partial charge in [-0.25, -0.2) is 0 Å². The van der Waals surface area contributed by atoms with Gasteiger partial charge in [-0.1, -0.05) is 337 Å². The maximum Gasteiger partial charge on any atom is 0.187 e. The van der Waals surface area contributed by atoms with Crippen LogP contribution in [-0.2, 0) is 62.2 Å². The smallest absolute Gasteiger partial charge is 0.187 e. The van der Waals surface area contributed by atoms with Crippen molar-refractivity contribution < 1.29 is 19.3 Å². The molecule has 9 fully saturated rings. The van der Waals surface area contributed by atoms with Crippen LogP contribution < -0.4 is 0 Å². The van der Waals surface area contributed by atoms with E-state index in [2.05, 4.69) is 294 Å². The average molecular weight is 2020 g/mol. The summed E-state index contributed by atoms with van der Waals surface area (Å²) in [6.45, 7) is 17.8. The summed E-state index contributed by atoms with van der Waals surface area (Å²) in [5, 5.41) is 11.8. The van der Waals surface area contributed by atoms with Gasteiger partial charge in [0.25, 0.3) is 0 Å². The molecule has 0 bridgehead atoms. The predicted octanol–water partition coefficient (Wildman–Crippen LogP) is 40.9. The third-order valence-corrected chi connectivity index (χ3v) is 41.7. The Bertz CT molecular complexity index is 5370. The van der Waals surface area contributed by atoms with Crippen molar-refractivity contribution >= 4 is 52.4 Å². The largest absolute Gasteiger partial charge is 0.396 e. The van der Waals surface area contributed by atoms with Crippen LogP contribution in [0.4, 0.5) is 0 Å². The van der Waals surface area contributed by atoms with Gasteiger partial charge in [0.2, 0.25) is 0 Å². The highest BCUT2D eigenvalue weighted by molar-refractivity contribution is 7.97. The minimum atomic E-state index is -0.179. The Kier molecular flexibility index (Phi) is 43.5. The molecular formula is C140H179O4S3+3. The second-order valence-corrected chi connectivity index (χ2v) is 50.8. The number of ether oxygens (including phenoxy) is 3. The third-order valence-electron chi connectivity index (χ3n) is 34.9. The number of aliphatic hydroxyl groups excluding tert-OH is 1. The number of aliphatic hydroxyl groups is 1. The molecular weight excluding hydrogens is 1840 g/mol. The van der Waals surface area contributed by atoms with Crippen molar-refractivity contribution in [3.05, 3.63) is 362 Å². The highest BCUT2D eigenvalue weighted by Crippen LogP contribution is 2.52. The quantitative estimate of drug-likeness (QED) is 0.0521. The van der Waals surface area contributed by atoms with Crippen molar-refractivity contribution in [3.63, 3.8) is 0 Å². The lowest BCUT2D eigenvalue weighted by atomic mass is 9.74. The fourth-order valence-corrected chi connectivity index (χ4v) is 33.3. The molecule has 778 valence electrons. The third kappa shape index (κ3) is 30.3. The SMILES string of the molecule is CCOCc1ccc([S+](c2ccc(COCC)cc2)c2ccc(COCC)cc2)cc1.Cc1c(C2CCCCC2)cc(C2CCCCC2)cc1C1CCCCC1.Cc1c(C2CCCCC2)cc(C2CCCCC2)cc1C1CCCCC1.Cc1c(C2CCCCC2)cc(C2CCCCC2)cc1C1CCCCC1.OCCc1ccc(-[s+]2c3ccccc3c3ccccc32)cc1.c1ccc([S+](c2ccccc2)c2ccccc2)cc1. The Balaban J connectivity index is 0.000000121. The molecule has 0 radical (unpaired) electrons. The van der Waals surface area contributed by atoms with E-state index in [1.807, 2.05) is 20.8 Å². The molecule has 1 aromatic heterocycles. The molecule has 0 amide bonds. The second kappa shape index (κ2) is 58.3. The molecule has 7 heteroatoms. The lowest BCUT2D eigenvalue weighted by Gasteiger charge is -2.31. The summed E-state index contributed by atoms with van der Waals surface area (Å²) in [5.74, 6) is 7.75. The first-order chi connectivity index (χ1) is 72.6. The first kappa shape index (κ1) is 110. The van der Waals surface area contributed by atoms with Gasteiger partial charge in [0.05, 0.1) is 41.6 Å².